The van der Waals surface area contributed by atoms with Gasteiger partial charge < -0.3 is 9.80 Å². The van der Waals surface area contributed by atoms with Crippen LogP contribution < -0.4 is 0 Å². The Morgan fingerprint density at radius 2 is 1.67 bits per heavy atom. The molecule has 1 fully saturated rings. The van der Waals surface area contributed by atoms with Crippen molar-refractivity contribution in [3.05, 3.63) is 76.9 Å². The van der Waals surface area contributed by atoms with Gasteiger partial charge >= 0.3 is 0 Å². The van der Waals surface area contributed by atoms with Gasteiger partial charge in [-0.1, -0.05) is 90.2 Å². The van der Waals surface area contributed by atoms with Crippen molar-refractivity contribution >= 4 is 34.4 Å². The Morgan fingerprint density at radius 3 is 2.30 bits per heavy atom. The molecule has 0 saturated carbocycles. The standard InChI is InChI=1S/C23H28N2S2/c1-24(2)17-21-10-8-19(9-11-21)16-20-12-14-25(15-13-20)23(26)27-18-22-6-4-3-5-7-22/h3-11,16H,12-15,17-18H2,1-2H3. The first kappa shape index (κ1) is 20.1. The summed E-state index contributed by atoms with van der Waals surface area (Å²) in [5, 5.41) is 0. The summed E-state index contributed by atoms with van der Waals surface area (Å²) in [7, 11) is 4.21. The Balaban J connectivity index is 1.47. The molecule has 3 rings (SSSR count). The molecule has 0 aromatic heterocycles. The summed E-state index contributed by atoms with van der Waals surface area (Å²) in [5.41, 5.74) is 5.53. The van der Waals surface area contributed by atoms with E-state index in [9.17, 15) is 0 Å². The molecule has 2 nitrogen and oxygen atoms in total. The number of benzene rings is 2. The molecule has 0 aliphatic carbocycles. The molecule has 0 atom stereocenters. The maximum atomic E-state index is 5.66. The lowest BCUT2D eigenvalue weighted by atomic mass is 10.0. The third-order valence-electron chi connectivity index (χ3n) is 4.72. The van der Waals surface area contributed by atoms with Crippen molar-refractivity contribution < 1.29 is 0 Å². The lowest BCUT2D eigenvalue weighted by Crippen LogP contribution is -2.33. The van der Waals surface area contributed by atoms with Crippen LogP contribution in [0.2, 0.25) is 0 Å². The number of hydrogen-bond acceptors (Lipinski definition) is 3. The van der Waals surface area contributed by atoms with E-state index in [0.29, 0.717) is 0 Å². The molecule has 1 saturated heterocycles. The first-order chi connectivity index (χ1) is 13.1. The van der Waals surface area contributed by atoms with Crippen LogP contribution in [0.25, 0.3) is 6.08 Å². The van der Waals surface area contributed by atoms with Crippen molar-refractivity contribution in [3.8, 4) is 0 Å². The number of piperidine rings is 1. The predicted molar refractivity (Wildman–Crippen MR) is 123 cm³/mol. The summed E-state index contributed by atoms with van der Waals surface area (Å²) in [5.74, 6) is 0.957. The number of nitrogens with zero attached hydrogens (tertiary/aromatic N) is 2. The minimum absolute atomic E-state index is 0.957. The van der Waals surface area contributed by atoms with Gasteiger partial charge in [-0.05, 0) is 43.6 Å². The minimum Gasteiger partial charge on any atom is -0.357 e. The third-order valence-corrected chi connectivity index (χ3v) is 6.31. The Hall–Kier alpha value is -1.62. The molecule has 1 aliphatic heterocycles. The van der Waals surface area contributed by atoms with Crippen molar-refractivity contribution in [2.45, 2.75) is 25.1 Å². The second-order valence-electron chi connectivity index (χ2n) is 7.31. The van der Waals surface area contributed by atoms with Crippen LogP contribution in [0.3, 0.4) is 0 Å². The van der Waals surface area contributed by atoms with Gasteiger partial charge in [-0.2, -0.15) is 0 Å². The van der Waals surface area contributed by atoms with Gasteiger partial charge in [-0.3, -0.25) is 0 Å². The summed E-state index contributed by atoms with van der Waals surface area (Å²) in [6.07, 6.45) is 4.56. The van der Waals surface area contributed by atoms with E-state index in [1.807, 2.05) is 0 Å². The monoisotopic (exact) mass is 396 g/mol. The van der Waals surface area contributed by atoms with E-state index >= 15 is 0 Å². The first-order valence-corrected chi connectivity index (χ1v) is 10.9. The van der Waals surface area contributed by atoms with Crippen LogP contribution in [-0.2, 0) is 12.3 Å². The quantitative estimate of drug-likeness (QED) is 0.620. The average molecular weight is 397 g/mol. The van der Waals surface area contributed by atoms with Crippen LogP contribution in [0.4, 0.5) is 0 Å². The fourth-order valence-corrected chi connectivity index (χ4v) is 4.46. The smallest absolute Gasteiger partial charge is 0.136 e. The van der Waals surface area contributed by atoms with Crippen LogP contribution in [0.5, 0.6) is 0 Å². The van der Waals surface area contributed by atoms with Crippen LogP contribution in [0, 0.1) is 0 Å². The summed E-state index contributed by atoms with van der Waals surface area (Å²) in [6.45, 7) is 3.06. The van der Waals surface area contributed by atoms with Gasteiger partial charge in [0.25, 0.3) is 0 Å². The number of thiocarbonyl (C=S) groups is 1. The summed E-state index contributed by atoms with van der Waals surface area (Å²) >= 11 is 7.44. The van der Waals surface area contributed by atoms with E-state index in [4.69, 9.17) is 12.2 Å². The maximum absolute atomic E-state index is 5.66. The van der Waals surface area contributed by atoms with E-state index in [2.05, 4.69) is 84.6 Å². The Morgan fingerprint density at radius 1 is 1.00 bits per heavy atom. The average Bonchev–Trinajstić information content (AvgIpc) is 2.69. The summed E-state index contributed by atoms with van der Waals surface area (Å²) in [4.78, 5) is 4.56. The zero-order valence-corrected chi connectivity index (χ0v) is 17.9. The zero-order chi connectivity index (χ0) is 19.1. The highest BCUT2D eigenvalue weighted by molar-refractivity contribution is 8.22. The SMILES string of the molecule is CN(C)Cc1ccc(C=C2CCN(C(=S)SCc3ccccc3)CC2)cc1. The zero-order valence-electron chi connectivity index (χ0n) is 16.2. The first-order valence-electron chi connectivity index (χ1n) is 9.49. The van der Waals surface area contributed by atoms with E-state index in [1.165, 1.54) is 22.3 Å². The topological polar surface area (TPSA) is 6.48 Å². The normalized spacial score (nSPS) is 14.5. The molecular weight excluding hydrogens is 368 g/mol. The van der Waals surface area contributed by atoms with Gasteiger partial charge in [0.15, 0.2) is 0 Å². The highest BCUT2D eigenvalue weighted by atomic mass is 32.2. The highest BCUT2D eigenvalue weighted by Gasteiger charge is 2.16. The Kier molecular flexibility index (Phi) is 7.50. The summed E-state index contributed by atoms with van der Waals surface area (Å²) in [6, 6.07) is 19.5. The molecule has 27 heavy (non-hydrogen) atoms. The minimum atomic E-state index is 0.957. The van der Waals surface area contributed by atoms with E-state index < -0.39 is 0 Å². The third kappa shape index (κ3) is 6.49. The second kappa shape index (κ2) is 10.1. The molecule has 0 amide bonds. The predicted octanol–water partition coefficient (Wildman–Crippen LogP) is 5.45. The van der Waals surface area contributed by atoms with Crippen molar-refractivity contribution in [1.82, 2.24) is 9.80 Å². The fraction of sp³-hybridized carbons (Fsp3) is 0.348. The molecule has 2 aromatic rings. The van der Waals surface area contributed by atoms with Crippen molar-refractivity contribution in [3.63, 3.8) is 0 Å². The summed E-state index contributed by atoms with van der Waals surface area (Å²) < 4.78 is 1.03. The molecule has 0 bridgehead atoms. The lowest BCUT2D eigenvalue weighted by Gasteiger charge is -2.30. The second-order valence-corrected chi connectivity index (χ2v) is 8.92. The highest BCUT2D eigenvalue weighted by Crippen LogP contribution is 2.24. The molecule has 142 valence electrons. The van der Waals surface area contributed by atoms with E-state index in [1.54, 1.807) is 11.8 Å². The van der Waals surface area contributed by atoms with E-state index in [-0.39, 0.29) is 0 Å². The van der Waals surface area contributed by atoms with Crippen LogP contribution in [0.1, 0.15) is 29.5 Å². The van der Waals surface area contributed by atoms with Crippen LogP contribution in [-0.4, -0.2) is 41.3 Å². The van der Waals surface area contributed by atoms with Crippen molar-refractivity contribution in [2.75, 3.05) is 27.2 Å². The van der Waals surface area contributed by atoms with Gasteiger partial charge in [-0.15, -0.1) is 0 Å². The molecule has 0 unspecified atom stereocenters. The molecule has 4 heteroatoms. The van der Waals surface area contributed by atoms with Crippen molar-refractivity contribution in [2.24, 2.45) is 0 Å². The van der Waals surface area contributed by atoms with Gasteiger partial charge in [0.1, 0.15) is 4.32 Å². The van der Waals surface area contributed by atoms with Gasteiger partial charge in [0, 0.05) is 25.4 Å². The number of thioether (sulfide) groups is 1. The van der Waals surface area contributed by atoms with Gasteiger partial charge in [0.05, 0.1) is 0 Å². The fourth-order valence-electron chi connectivity index (χ4n) is 3.25. The molecule has 0 radical (unpaired) electrons. The lowest BCUT2D eigenvalue weighted by molar-refractivity contribution is 0.402. The van der Waals surface area contributed by atoms with Gasteiger partial charge in [0.2, 0.25) is 0 Å². The molecule has 2 aromatic carbocycles. The molecular formula is C23H28N2S2. The number of likely N-dealkylation sites (tertiary alicyclic amines) is 1. The molecule has 1 aliphatic rings. The molecule has 1 heterocycles. The van der Waals surface area contributed by atoms with E-state index in [0.717, 1.165) is 42.5 Å². The number of hydrogen-bond donors (Lipinski definition) is 0. The molecule has 0 N–H and O–H groups in total. The van der Waals surface area contributed by atoms with Gasteiger partial charge in [-0.25, -0.2) is 0 Å². The Labute approximate surface area is 173 Å². The maximum Gasteiger partial charge on any atom is 0.136 e. The number of rotatable bonds is 5. The van der Waals surface area contributed by atoms with Crippen molar-refractivity contribution in [1.29, 1.82) is 0 Å². The van der Waals surface area contributed by atoms with Crippen LogP contribution in [0.15, 0.2) is 60.2 Å². The van der Waals surface area contributed by atoms with Crippen LogP contribution >= 0.6 is 24.0 Å². The Bertz CT molecular complexity index is 757. The largest absolute Gasteiger partial charge is 0.357 e. The molecule has 0 spiro atoms.